The van der Waals surface area contributed by atoms with Crippen LogP contribution in [0.15, 0.2) is 24.3 Å². The molecule has 0 aliphatic rings. The highest BCUT2D eigenvalue weighted by Crippen LogP contribution is 2.16. The summed E-state index contributed by atoms with van der Waals surface area (Å²) in [6.07, 6.45) is 0.0236. The Morgan fingerprint density at radius 2 is 2.00 bits per heavy atom. The summed E-state index contributed by atoms with van der Waals surface area (Å²) in [7, 11) is 1.52. The Hall–Kier alpha value is -2.08. The van der Waals surface area contributed by atoms with Crippen LogP contribution in [0, 0.1) is 0 Å². The van der Waals surface area contributed by atoms with Crippen molar-refractivity contribution in [3.8, 4) is 5.75 Å². The molecule has 1 amide bonds. The minimum absolute atomic E-state index is 0.0236. The molecule has 0 spiro atoms. The van der Waals surface area contributed by atoms with Gasteiger partial charge in [0.25, 0.3) is 0 Å². The second-order valence-corrected chi connectivity index (χ2v) is 4.42. The number of carbonyl (C=O) groups excluding carboxylic acids is 2. The lowest BCUT2D eigenvalue weighted by Crippen LogP contribution is -2.39. The smallest absolute Gasteiger partial charge is 0.325 e. The molecule has 0 radical (unpaired) electrons. The monoisotopic (exact) mass is 295 g/mol. The molecular formula is C15H21NO5. The molecule has 0 aromatic heterocycles. The Morgan fingerprint density at radius 1 is 1.29 bits per heavy atom. The van der Waals surface area contributed by atoms with Crippen molar-refractivity contribution in [2.24, 2.45) is 0 Å². The molecule has 1 N–H and O–H groups in total. The average Bonchev–Trinajstić information content (AvgIpc) is 2.46. The first-order valence-corrected chi connectivity index (χ1v) is 6.77. The number of hydrogen-bond donors (Lipinski definition) is 1. The molecule has 0 bridgehead atoms. The molecule has 0 heterocycles. The predicted octanol–water partition coefficient (Wildman–Crippen LogP) is 0.973. The molecule has 0 aliphatic heterocycles. The first-order valence-electron chi connectivity index (χ1n) is 6.77. The molecule has 6 heteroatoms. The lowest BCUT2D eigenvalue weighted by Gasteiger charge is -2.21. The van der Waals surface area contributed by atoms with Crippen LogP contribution in [0.2, 0.25) is 0 Å². The zero-order valence-corrected chi connectivity index (χ0v) is 12.4. The van der Waals surface area contributed by atoms with Gasteiger partial charge in [0.15, 0.2) is 0 Å². The molecule has 0 saturated carbocycles. The molecule has 1 rings (SSSR count). The number of nitrogens with zero attached hydrogens (tertiary/aromatic N) is 1. The zero-order chi connectivity index (χ0) is 15.7. The van der Waals surface area contributed by atoms with Crippen LogP contribution in [-0.2, 0) is 25.5 Å². The first kappa shape index (κ1) is 17.0. The van der Waals surface area contributed by atoms with Gasteiger partial charge in [0.05, 0.1) is 19.6 Å². The van der Waals surface area contributed by atoms with Crippen molar-refractivity contribution in [1.82, 2.24) is 4.90 Å². The number of esters is 1. The maximum Gasteiger partial charge on any atom is 0.325 e. The van der Waals surface area contributed by atoms with Gasteiger partial charge in [-0.3, -0.25) is 9.59 Å². The SMILES string of the molecule is CCOC(=O)CN(CCOC)C(=O)Cc1ccccc1O. The summed E-state index contributed by atoms with van der Waals surface area (Å²) in [6.45, 7) is 2.48. The number of amides is 1. The van der Waals surface area contributed by atoms with Crippen molar-refractivity contribution in [3.05, 3.63) is 29.8 Å². The highest BCUT2D eigenvalue weighted by atomic mass is 16.5. The third-order valence-corrected chi connectivity index (χ3v) is 2.88. The highest BCUT2D eigenvalue weighted by molar-refractivity contribution is 5.84. The van der Waals surface area contributed by atoms with Crippen LogP contribution in [0.25, 0.3) is 0 Å². The Labute approximate surface area is 124 Å². The number of para-hydroxylation sites is 1. The van der Waals surface area contributed by atoms with E-state index in [9.17, 15) is 14.7 Å². The number of phenols is 1. The standard InChI is InChI=1S/C15H21NO5/c1-3-21-15(19)11-16(8-9-20-2)14(18)10-12-6-4-5-7-13(12)17/h4-7,17H,3,8-11H2,1-2H3. The number of benzene rings is 1. The van der Waals surface area contributed by atoms with Crippen molar-refractivity contribution in [2.75, 3.05) is 33.4 Å². The van der Waals surface area contributed by atoms with Gasteiger partial charge in [-0.15, -0.1) is 0 Å². The second-order valence-electron chi connectivity index (χ2n) is 4.42. The molecular weight excluding hydrogens is 274 g/mol. The van der Waals surface area contributed by atoms with E-state index in [2.05, 4.69) is 0 Å². The van der Waals surface area contributed by atoms with Gasteiger partial charge in [-0.05, 0) is 13.0 Å². The molecule has 0 aliphatic carbocycles. The Morgan fingerprint density at radius 3 is 2.62 bits per heavy atom. The van der Waals surface area contributed by atoms with E-state index in [4.69, 9.17) is 9.47 Å². The van der Waals surface area contributed by atoms with Crippen LogP contribution >= 0.6 is 0 Å². The third-order valence-electron chi connectivity index (χ3n) is 2.88. The van der Waals surface area contributed by atoms with Gasteiger partial charge in [-0.25, -0.2) is 0 Å². The summed E-state index contributed by atoms with van der Waals surface area (Å²) < 4.78 is 9.80. The van der Waals surface area contributed by atoms with Crippen LogP contribution in [0.4, 0.5) is 0 Å². The van der Waals surface area contributed by atoms with E-state index >= 15 is 0 Å². The Bertz CT molecular complexity index is 475. The van der Waals surface area contributed by atoms with Gasteiger partial charge < -0.3 is 19.5 Å². The second kappa shape index (κ2) is 8.97. The molecule has 0 atom stereocenters. The van der Waals surface area contributed by atoms with Crippen LogP contribution in [0.1, 0.15) is 12.5 Å². The van der Waals surface area contributed by atoms with E-state index in [0.29, 0.717) is 18.7 Å². The van der Waals surface area contributed by atoms with E-state index in [1.165, 1.54) is 18.1 Å². The number of hydrogen-bond acceptors (Lipinski definition) is 5. The quantitative estimate of drug-likeness (QED) is 0.723. The normalized spacial score (nSPS) is 10.2. The number of phenolic OH excluding ortho intramolecular Hbond substituents is 1. The van der Waals surface area contributed by atoms with Crippen molar-refractivity contribution in [1.29, 1.82) is 0 Å². The lowest BCUT2D eigenvalue weighted by molar-refractivity contribution is -0.149. The van der Waals surface area contributed by atoms with Crippen molar-refractivity contribution < 1.29 is 24.2 Å². The van der Waals surface area contributed by atoms with Gasteiger partial charge in [0.2, 0.25) is 5.91 Å². The minimum Gasteiger partial charge on any atom is -0.508 e. The van der Waals surface area contributed by atoms with E-state index in [-0.39, 0.29) is 31.2 Å². The highest BCUT2D eigenvalue weighted by Gasteiger charge is 2.19. The third kappa shape index (κ3) is 5.83. The average molecular weight is 295 g/mol. The Balaban J connectivity index is 2.70. The molecule has 6 nitrogen and oxygen atoms in total. The number of methoxy groups -OCH3 is 1. The molecule has 1 aromatic rings. The van der Waals surface area contributed by atoms with Crippen molar-refractivity contribution in [3.63, 3.8) is 0 Å². The van der Waals surface area contributed by atoms with Gasteiger partial charge in [-0.2, -0.15) is 0 Å². The van der Waals surface area contributed by atoms with Crippen LogP contribution < -0.4 is 0 Å². The van der Waals surface area contributed by atoms with Gasteiger partial charge in [0.1, 0.15) is 12.3 Å². The molecule has 0 unspecified atom stereocenters. The predicted molar refractivity (Wildman–Crippen MR) is 76.9 cm³/mol. The minimum atomic E-state index is -0.459. The lowest BCUT2D eigenvalue weighted by atomic mass is 10.1. The fourth-order valence-electron chi connectivity index (χ4n) is 1.79. The summed E-state index contributed by atoms with van der Waals surface area (Å²) >= 11 is 0. The van der Waals surface area contributed by atoms with Crippen LogP contribution in [-0.4, -0.2) is 55.3 Å². The molecule has 0 fully saturated rings. The van der Waals surface area contributed by atoms with E-state index in [1.54, 1.807) is 25.1 Å². The number of aromatic hydroxyl groups is 1. The van der Waals surface area contributed by atoms with Crippen molar-refractivity contribution >= 4 is 11.9 Å². The number of ether oxygens (including phenoxy) is 2. The topological polar surface area (TPSA) is 76.1 Å². The fourth-order valence-corrected chi connectivity index (χ4v) is 1.79. The maximum atomic E-state index is 12.3. The molecule has 21 heavy (non-hydrogen) atoms. The number of carbonyl (C=O) groups is 2. The van der Waals surface area contributed by atoms with E-state index in [1.807, 2.05) is 0 Å². The summed E-state index contributed by atoms with van der Waals surface area (Å²) in [5, 5.41) is 9.70. The van der Waals surface area contributed by atoms with Gasteiger partial charge >= 0.3 is 5.97 Å². The van der Waals surface area contributed by atoms with Crippen LogP contribution in [0.5, 0.6) is 5.75 Å². The van der Waals surface area contributed by atoms with E-state index in [0.717, 1.165) is 0 Å². The maximum absolute atomic E-state index is 12.3. The molecule has 0 saturated heterocycles. The van der Waals surface area contributed by atoms with Crippen LogP contribution in [0.3, 0.4) is 0 Å². The van der Waals surface area contributed by atoms with Crippen molar-refractivity contribution in [2.45, 2.75) is 13.3 Å². The molecule has 116 valence electrons. The summed E-state index contributed by atoms with van der Waals surface area (Å²) in [5.41, 5.74) is 0.522. The summed E-state index contributed by atoms with van der Waals surface area (Å²) in [4.78, 5) is 25.2. The largest absolute Gasteiger partial charge is 0.508 e. The fraction of sp³-hybridized carbons (Fsp3) is 0.467. The van der Waals surface area contributed by atoms with Gasteiger partial charge in [-0.1, -0.05) is 18.2 Å². The molecule has 1 aromatic carbocycles. The summed E-state index contributed by atoms with van der Waals surface area (Å²) in [6, 6.07) is 6.62. The van der Waals surface area contributed by atoms with Gasteiger partial charge in [0, 0.05) is 19.2 Å². The first-order chi connectivity index (χ1) is 10.1. The summed E-state index contributed by atoms with van der Waals surface area (Å²) in [5.74, 6) is -0.658. The zero-order valence-electron chi connectivity index (χ0n) is 12.4. The number of rotatable bonds is 8. The Kier molecular flexibility index (Phi) is 7.25. The van der Waals surface area contributed by atoms with E-state index < -0.39 is 5.97 Å².